The van der Waals surface area contributed by atoms with Crippen LogP contribution in [0.15, 0.2) is 24.3 Å². The van der Waals surface area contributed by atoms with Gasteiger partial charge in [-0.3, -0.25) is 9.59 Å². The van der Waals surface area contributed by atoms with Gasteiger partial charge in [-0.1, -0.05) is 25.1 Å². The molecule has 1 aliphatic heterocycles. The molecule has 1 aromatic carbocycles. The Bertz CT molecular complexity index is 905. The van der Waals surface area contributed by atoms with Gasteiger partial charge in [-0.05, 0) is 55.7 Å². The van der Waals surface area contributed by atoms with E-state index < -0.39 is 5.91 Å². The summed E-state index contributed by atoms with van der Waals surface area (Å²) in [4.78, 5) is 28.1. The third kappa shape index (κ3) is 3.34. The number of para-hydroxylation sites is 1. The predicted octanol–water partition coefficient (Wildman–Crippen LogP) is 3.36. The van der Waals surface area contributed by atoms with Crippen LogP contribution >= 0.6 is 11.3 Å². The van der Waals surface area contributed by atoms with Crippen LogP contribution in [0.25, 0.3) is 0 Å². The van der Waals surface area contributed by atoms with Gasteiger partial charge >= 0.3 is 0 Å². The largest absolute Gasteiger partial charge is 0.365 e. The molecule has 142 valence electrons. The lowest BCUT2D eigenvalue weighted by molar-refractivity contribution is -0.115. The number of benzene rings is 1. The van der Waals surface area contributed by atoms with Crippen molar-refractivity contribution in [3.8, 4) is 0 Å². The predicted molar refractivity (Wildman–Crippen MR) is 110 cm³/mol. The summed E-state index contributed by atoms with van der Waals surface area (Å²) < 4.78 is 0. The highest BCUT2D eigenvalue weighted by Crippen LogP contribution is 2.39. The number of fused-ring (bicyclic) bond motifs is 2. The number of carbonyl (C=O) groups is 2. The van der Waals surface area contributed by atoms with E-state index in [9.17, 15) is 9.59 Å². The Kier molecular flexibility index (Phi) is 4.68. The topological polar surface area (TPSA) is 75.4 Å². The molecule has 4 rings (SSSR count). The number of primary amides is 1. The van der Waals surface area contributed by atoms with Gasteiger partial charge in [-0.2, -0.15) is 0 Å². The van der Waals surface area contributed by atoms with Gasteiger partial charge in [0.25, 0.3) is 5.91 Å². The first-order valence-electron chi connectivity index (χ1n) is 9.52. The van der Waals surface area contributed by atoms with E-state index in [4.69, 9.17) is 5.73 Å². The number of carbonyl (C=O) groups excluding carboxylic acids is 2. The molecule has 6 heteroatoms. The molecule has 2 aliphatic rings. The second-order valence-corrected chi connectivity index (χ2v) is 8.88. The lowest BCUT2D eigenvalue weighted by Crippen LogP contribution is -2.37. The number of amides is 2. The Morgan fingerprint density at radius 2 is 2.04 bits per heavy atom. The summed E-state index contributed by atoms with van der Waals surface area (Å²) in [5.41, 5.74) is 9.60. The van der Waals surface area contributed by atoms with Crippen LogP contribution in [0.4, 0.5) is 10.7 Å². The van der Waals surface area contributed by atoms with Gasteiger partial charge in [0.15, 0.2) is 0 Å². The first kappa shape index (κ1) is 18.0. The maximum Gasteiger partial charge on any atom is 0.251 e. The molecule has 1 aliphatic carbocycles. The Labute approximate surface area is 163 Å². The van der Waals surface area contributed by atoms with Crippen LogP contribution in [0.2, 0.25) is 0 Å². The molecule has 0 spiro atoms. The van der Waals surface area contributed by atoms with Crippen LogP contribution in [0, 0.1) is 5.92 Å². The molecule has 0 saturated carbocycles. The number of nitrogens with zero attached hydrogens (tertiary/aromatic N) is 1. The zero-order valence-electron chi connectivity index (χ0n) is 15.7. The van der Waals surface area contributed by atoms with Crippen molar-refractivity contribution in [3.05, 3.63) is 45.8 Å². The van der Waals surface area contributed by atoms with E-state index in [0.717, 1.165) is 36.9 Å². The molecular weight excluding hydrogens is 358 g/mol. The number of hydrogen-bond donors (Lipinski definition) is 2. The fourth-order valence-electron chi connectivity index (χ4n) is 4.29. The SMILES string of the molecule is CC1CCc2c(sc(NC(=O)CN3c4ccccc4CC3C)c2C(N)=O)C1. The molecule has 27 heavy (non-hydrogen) atoms. The van der Waals surface area contributed by atoms with E-state index in [1.165, 1.54) is 21.8 Å². The Balaban J connectivity index is 1.55. The van der Waals surface area contributed by atoms with Crippen LogP contribution < -0.4 is 16.0 Å². The van der Waals surface area contributed by atoms with E-state index in [1.54, 1.807) is 0 Å². The first-order valence-corrected chi connectivity index (χ1v) is 10.3. The minimum Gasteiger partial charge on any atom is -0.365 e. The number of hydrogen-bond acceptors (Lipinski definition) is 4. The standard InChI is InChI=1S/C21H25N3O2S/c1-12-7-8-15-17(9-12)27-21(19(15)20(22)26)23-18(25)11-24-13(2)10-14-5-3-4-6-16(14)24/h3-6,12-13H,7-11H2,1-2H3,(H2,22,26)(H,23,25). The van der Waals surface area contributed by atoms with E-state index in [0.29, 0.717) is 16.5 Å². The zero-order valence-corrected chi connectivity index (χ0v) is 16.6. The summed E-state index contributed by atoms with van der Waals surface area (Å²) in [6, 6.07) is 8.49. The molecule has 2 unspecified atom stereocenters. The molecule has 2 aromatic rings. The van der Waals surface area contributed by atoms with Gasteiger partial charge in [-0.25, -0.2) is 0 Å². The lowest BCUT2D eigenvalue weighted by atomic mass is 9.88. The highest BCUT2D eigenvalue weighted by molar-refractivity contribution is 7.17. The van der Waals surface area contributed by atoms with E-state index in [1.807, 2.05) is 12.1 Å². The second kappa shape index (κ2) is 7.00. The molecule has 0 fully saturated rings. The molecule has 0 bridgehead atoms. The first-order chi connectivity index (χ1) is 12.9. The van der Waals surface area contributed by atoms with Gasteiger partial charge in [0.05, 0.1) is 12.1 Å². The van der Waals surface area contributed by atoms with Crippen molar-refractivity contribution < 1.29 is 9.59 Å². The van der Waals surface area contributed by atoms with Crippen molar-refractivity contribution in [1.82, 2.24) is 0 Å². The fraction of sp³-hybridized carbons (Fsp3) is 0.429. The third-order valence-electron chi connectivity index (χ3n) is 5.67. The van der Waals surface area contributed by atoms with Crippen LogP contribution in [0.1, 0.15) is 46.6 Å². The van der Waals surface area contributed by atoms with E-state index in [-0.39, 0.29) is 18.5 Å². The number of rotatable bonds is 4. The van der Waals surface area contributed by atoms with Crippen molar-refractivity contribution in [3.63, 3.8) is 0 Å². The highest BCUT2D eigenvalue weighted by atomic mass is 32.1. The fourth-order valence-corrected chi connectivity index (χ4v) is 5.72. The summed E-state index contributed by atoms with van der Waals surface area (Å²) in [5.74, 6) is 0.0484. The monoisotopic (exact) mass is 383 g/mol. The number of nitrogens with one attached hydrogen (secondary N) is 1. The summed E-state index contributed by atoms with van der Waals surface area (Å²) in [6.07, 6.45) is 3.81. The van der Waals surface area contributed by atoms with Crippen LogP contribution in [-0.4, -0.2) is 24.4 Å². The van der Waals surface area contributed by atoms with Gasteiger partial charge in [0.2, 0.25) is 5.91 Å². The van der Waals surface area contributed by atoms with Crippen LogP contribution in [-0.2, 0) is 24.1 Å². The molecule has 1 aromatic heterocycles. The van der Waals surface area contributed by atoms with Crippen molar-refractivity contribution in [2.24, 2.45) is 11.7 Å². The normalized spacial score (nSPS) is 20.9. The Morgan fingerprint density at radius 3 is 2.81 bits per heavy atom. The Hall–Kier alpha value is -2.34. The molecule has 0 saturated heterocycles. The molecule has 3 N–H and O–H groups in total. The summed E-state index contributed by atoms with van der Waals surface area (Å²) >= 11 is 1.52. The average molecular weight is 384 g/mol. The molecular formula is C21H25N3O2S. The smallest absolute Gasteiger partial charge is 0.251 e. The molecule has 2 amide bonds. The lowest BCUT2D eigenvalue weighted by Gasteiger charge is -2.24. The molecule has 0 radical (unpaired) electrons. The van der Waals surface area contributed by atoms with Crippen molar-refractivity contribution in [1.29, 1.82) is 0 Å². The Morgan fingerprint density at radius 1 is 1.26 bits per heavy atom. The van der Waals surface area contributed by atoms with Crippen LogP contribution in [0.5, 0.6) is 0 Å². The molecule has 2 heterocycles. The minimum atomic E-state index is -0.447. The zero-order chi connectivity index (χ0) is 19.1. The molecule has 5 nitrogen and oxygen atoms in total. The number of nitrogens with two attached hydrogens (primary N) is 1. The van der Waals surface area contributed by atoms with Crippen molar-refractivity contribution in [2.75, 3.05) is 16.8 Å². The van der Waals surface area contributed by atoms with E-state index >= 15 is 0 Å². The second-order valence-electron chi connectivity index (χ2n) is 7.78. The van der Waals surface area contributed by atoms with Gasteiger partial charge in [0, 0.05) is 16.6 Å². The van der Waals surface area contributed by atoms with Crippen molar-refractivity contribution >= 4 is 33.8 Å². The highest BCUT2D eigenvalue weighted by Gasteiger charge is 2.30. The van der Waals surface area contributed by atoms with E-state index in [2.05, 4.69) is 36.2 Å². The van der Waals surface area contributed by atoms with Gasteiger partial charge in [-0.15, -0.1) is 11.3 Å². The third-order valence-corrected chi connectivity index (χ3v) is 6.84. The van der Waals surface area contributed by atoms with Crippen LogP contribution in [0.3, 0.4) is 0 Å². The quantitative estimate of drug-likeness (QED) is 0.850. The number of thiophene rings is 1. The summed E-state index contributed by atoms with van der Waals surface area (Å²) in [6.45, 7) is 4.62. The molecule has 2 atom stereocenters. The van der Waals surface area contributed by atoms with Gasteiger partial charge < -0.3 is 16.0 Å². The maximum absolute atomic E-state index is 12.8. The number of anilines is 2. The summed E-state index contributed by atoms with van der Waals surface area (Å²) in [5, 5.41) is 3.60. The van der Waals surface area contributed by atoms with Gasteiger partial charge in [0.1, 0.15) is 5.00 Å². The minimum absolute atomic E-state index is 0.104. The summed E-state index contributed by atoms with van der Waals surface area (Å²) in [7, 11) is 0. The average Bonchev–Trinajstić information content (AvgIpc) is 3.11. The maximum atomic E-state index is 12.8. The van der Waals surface area contributed by atoms with Crippen molar-refractivity contribution in [2.45, 2.75) is 45.6 Å².